The Morgan fingerprint density at radius 1 is 1.25 bits per heavy atom. The monoisotopic (exact) mass is 347 g/mol. The largest absolute Gasteiger partial charge is 0.478 e. The minimum absolute atomic E-state index is 0.0633. The van der Waals surface area contributed by atoms with Gasteiger partial charge in [-0.1, -0.05) is 12.1 Å². The van der Waals surface area contributed by atoms with Gasteiger partial charge in [0.05, 0.1) is 11.5 Å². The van der Waals surface area contributed by atoms with Crippen molar-refractivity contribution in [1.29, 1.82) is 0 Å². The van der Waals surface area contributed by atoms with Crippen LogP contribution in [-0.4, -0.2) is 29.9 Å². The maximum absolute atomic E-state index is 11.9. The van der Waals surface area contributed by atoms with E-state index in [-0.39, 0.29) is 11.8 Å². The molecular formula is C17H21N3O3S. The van der Waals surface area contributed by atoms with Crippen LogP contribution < -0.4 is 15.4 Å². The molecule has 0 atom stereocenters. The van der Waals surface area contributed by atoms with E-state index >= 15 is 0 Å². The summed E-state index contributed by atoms with van der Waals surface area (Å²) in [7, 11) is 0. The summed E-state index contributed by atoms with van der Waals surface area (Å²) in [4.78, 5) is 28.4. The molecular weight excluding hydrogens is 326 g/mol. The van der Waals surface area contributed by atoms with Gasteiger partial charge in [0.25, 0.3) is 5.91 Å². The first-order chi connectivity index (χ1) is 11.7. The summed E-state index contributed by atoms with van der Waals surface area (Å²) < 4.78 is 5.42. The molecule has 2 rings (SSSR count). The molecule has 2 N–H and O–H groups in total. The molecule has 0 aliphatic rings. The van der Waals surface area contributed by atoms with Crippen molar-refractivity contribution in [3.8, 4) is 5.88 Å². The van der Waals surface area contributed by atoms with Crippen molar-refractivity contribution in [1.82, 2.24) is 15.6 Å². The van der Waals surface area contributed by atoms with Gasteiger partial charge < -0.3 is 15.4 Å². The molecule has 0 saturated heterocycles. The van der Waals surface area contributed by atoms with Crippen LogP contribution in [0.4, 0.5) is 0 Å². The maximum atomic E-state index is 11.9. The highest BCUT2D eigenvalue weighted by molar-refractivity contribution is 7.12. The standard InChI is InChI=1S/C17H21N3O3S/c1-2-23-17-13(6-3-10-19-17)12-20-15(21)8-4-9-18-16(22)14-7-5-11-24-14/h3,5-7,10-11H,2,4,8-9,12H2,1H3,(H,18,22)(H,20,21). The van der Waals surface area contributed by atoms with Crippen LogP contribution in [-0.2, 0) is 11.3 Å². The van der Waals surface area contributed by atoms with E-state index in [1.807, 2.05) is 30.5 Å². The van der Waals surface area contributed by atoms with Gasteiger partial charge in [0.2, 0.25) is 11.8 Å². The first kappa shape index (κ1) is 17.9. The summed E-state index contributed by atoms with van der Waals surface area (Å²) in [5.74, 6) is 0.386. The fraction of sp³-hybridized carbons (Fsp3) is 0.353. The van der Waals surface area contributed by atoms with Crippen LogP contribution in [0.3, 0.4) is 0 Å². The Morgan fingerprint density at radius 3 is 2.88 bits per heavy atom. The average molecular weight is 347 g/mol. The van der Waals surface area contributed by atoms with Gasteiger partial charge in [0, 0.05) is 31.3 Å². The first-order valence-corrected chi connectivity index (χ1v) is 8.73. The number of rotatable bonds is 9. The van der Waals surface area contributed by atoms with Crippen LogP contribution in [0, 0.1) is 0 Å². The number of nitrogens with zero attached hydrogens (tertiary/aromatic N) is 1. The SMILES string of the molecule is CCOc1ncccc1CNC(=O)CCCNC(=O)c1cccs1. The van der Waals surface area contributed by atoms with Crippen molar-refractivity contribution in [2.24, 2.45) is 0 Å². The van der Waals surface area contributed by atoms with Crippen LogP contribution in [0.15, 0.2) is 35.8 Å². The van der Waals surface area contributed by atoms with Crippen molar-refractivity contribution >= 4 is 23.2 Å². The van der Waals surface area contributed by atoms with Crippen LogP contribution in [0.1, 0.15) is 35.0 Å². The lowest BCUT2D eigenvalue weighted by Crippen LogP contribution is -2.27. The Morgan fingerprint density at radius 2 is 2.12 bits per heavy atom. The Labute approximate surface area is 145 Å². The van der Waals surface area contributed by atoms with E-state index < -0.39 is 0 Å². The Hall–Kier alpha value is -2.41. The van der Waals surface area contributed by atoms with Gasteiger partial charge in [-0.2, -0.15) is 0 Å². The van der Waals surface area contributed by atoms with E-state index in [0.29, 0.717) is 43.3 Å². The maximum Gasteiger partial charge on any atom is 0.261 e. The Bertz CT molecular complexity index is 659. The number of hydrogen-bond acceptors (Lipinski definition) is 5. The second-order valence-corrected chi connectivity index (χ2v) is 5.96. The van der Waals surface area contributed by atoms with E-state index in [1.165, 1.54) is 11.3 Å². The zero-order chi connectivity index (χ0) is 17.2. The normalized spacial score (nSPS) is 10.2. The van der Waals surface area contributed by atoms with Gasteiger partial charge in [-0.25, -0.2) is 4.98 Å². The highest BCUT2D eigenvalue weighted by Gasteiger charge is 2.08. The number of nitrogens with one attached hydrogen (secondary N) is 2. The second kappa shape index (κ2) is 9.67. The number of aromatic nitrogens is 1. The lowest BCUT2D eigenvalue weighted by Gasteiger charge is -2.10. The fourth-order valence-corrected chi connectivity index (χ4v) is 2.69. The molecule has 0 unspecified atom stereocenters. The number of hydrogen-bond donors (Lipinski definition) is 2. The molecule has 0 aromatic carbocycles. The molecule has 6 nitrogen and oxygen atoms in total. The molecule has 2 aromatic rings. The lowest BCUT2D eigenvalue weighted by atomic mass is 10.2. The van der Waals surface area contributed by atoms with E-state index in [1.54, 1.807) is 12.3 Å². The first-order valence-electron chi connectivity index (χ1n) is 7.85. The van der Waals surface area contributed by atoms with E-state index in [4.69, 9.17) is 4.74 Å². The molecule has 2 aromatic heterocycles. The van der Waals surface area contributed by atoms with Crippen molar-refractivity contribution in [2.45, 2.75) is 26.3 Å². The van der Waals surface area contributed by atoms with Crippen molar-refractivity contribution in [2.75, 3.05) is 13.2 Å². The number of pyridine rings is 1. The van der Waals surface area contributed by atoms with E-state index in [2.05, 4.69) is 15.6 Å². The smallest absolute Gasteiger partial charge is 0.261 e. The van der Waals surface area contributed by atoms with Gasteiger partial charge in [-0.3, -0.25) is 9.59 Å². The summed E-state index contributed by atoms with van der Waals surface area (Å²) >= 11 is 1.40. The summed E-state index contributed by atoms with van der Waals surface area (Å²) in [6.07, 6.45) is 2.61. The second-order valence-electron chi connectivity index (χ2n) is 5.01. The molecule has 2 amide bonds. The number of thiophene rings is 1. The molecule has 24 heavy (non-hydrogen) atoms. The van der Waals surface area contributed by atoms with Crippen LogP contribution in [0.5, 0.6) is 5.88 Å². The summed E-state index contributed by atoms with van der Waals surface area (Å²) in [6.45, 7) is 3.27. The fourth-order valence-electron chi connectivity index (χ4n) is 2.05. The lowest BCUT2D eigenvalue weighted by molar-refractivity contribution is -0.121. The third-order valence-electron chi connectivity index (χ3n) is 3.22. The molecule has 0 saturated carbocycles. The minimum Gasteiger partial charge on any atom is -0.478 e. The Balaban J connectivity index is 1.66. The molecule has 0 radical (unpaired) electrons. The topological polar surface area (TPSA) is 80.3 Å². The van der Waals surface area contributed by atoms with Crippen LogP contribution in [0.25, 0.3) is 0 Å². The van der Waals surface area contributed by atoms with E-state index in [0.717, 1.165) is 5.56 Å². The predicted octanol–water partition coefficient (Wildman–Crippen LogP) is 2.37. The summed E-state index contributed by atoms with van der Waals surface area (Å²) in [5, 5.41) is 7.50. The third kappa shape index (κ3) is 5.66. The average Bonchev–Trinajstić information content (AvgIpc) is 3.13. The molecule has 2 heterocycles. The summed E-state index contributed by atoms with van der Waals surface area (Å²) in [6, 6.07) is 7.29. The number of carbonyl (C=O) groups is 2. The highest BCUT2D eigenvalue weighted by atomic mass is 32.1. The van der Waals surface area contributed by atoms with Gasteiger partial charge in [0.1, 0.15) is 0 Å². The molecule has 0 aliphatic heterocycles. The Kier molecular flexibility index (Phi) is 7.22. The number of carbonyl (C=O) groups excluding carboxylic acids is 2. The molecule has 0 aliphatic carbocycles. The van der Waals surface area contributed by atoms with Crippen molar-refractivity contribution < 1.29 is 14.3 Å². The summed E-state index contributed by atoms with van der Waals surface area (Å²) in [5.41, 5.74) is 0.846. The molecule has 0 spiro atoms. The highest BCUT2D eigenvalue weighted by Crippen LogP contribution is 2.13. The van der Waals surface area contributed by atoms with Gasteiger partial charge >= 0.3 is 0 Å². The third-order valence-corrected chi connectivity index (χ3v) is 4.09. The molecule has 7 heteroatoms. The predicted molar refractivity (Wildman–Crippen MR) is 93.1 cm³/mol. The molecule has 128 valence electrons. The van der Waals surface area contributed by atoms with Crippen molar-refractivity contribution in [3.05, 3.63) is 46.3 Å². The van der Waals surface area contributed by atoms with Crippen molar-refractivity contribution in [3.63, 3.8) is 0 Å². The number of ether oxygens (including phenoxy) is 1. The quantitative estimate of drug-likeness (QED) is 0.683. The van der Waals surface area contributed by atoms with Gasteiger partial charge in [-0.15, -0.1) is 11.3 Å². The van der Waals surface area contributed by atoms with Crippen LogP contribution >= 0.6 is 11.3 Å². The van der Waals surface area contributed by atoms with Crippen LogP contribution in [0.2, 0.25) is 0 Å². The zero-order valence-corrected chi connectivity index (χ0v) is 14.4. The zero-order valence-electron chi connectivity index (χ0n) is 13.6. The minimum atomic E-state index is -0.0953. The molecule has 0 fully saturated rings. The number of amides is 2. The van der Waals surface area contributed by atoms with Gasteiger partial charge in [-0.05, 0) is 30.9 Å². The molecule has 0 bridgehead atoms. The van der Waals surface area contributed by atoms with E-state index in [9.17, 15) is 9.59 Å². The van der Waals surface area contributed by atoms with Gasteiger partial charge in [0.15, 0.2) is 0 Å².